The van der Waals surface area contributed by atoms with E-state index in [0.717, 1.165) is 22.0 Å². The zero-order valence-electron chi connectivity index (χ0n) is 20.3. The summed E-state index contributed by atoms with van der Waals surface area (Å²) in [6, 6.07) is 14.2. The van der Waals surface area contributed by atoms with E-state index in [0.29, 0.717) is 49.3 Å². The van der Waals surface area contributed by atoms with Crippen molar-refractivity contribution in [1.82, 2.24) is 14.8 Å². The second-order valence-corrected chi connectivity index (χ2v) is 8.87. The number of anilines is 2. The SMILES string of the molecule is Cc1cc(NC(=O)c2ccc(N3CCOCC3)c([N+](=O)[O-])c2)n(-c2cc(C)c3cccc(C)c3n2)n1. The molecule has 5 rings (SSSR count). The van der Waals surface area contributed by atoms with Gasteiger partial charge in [0.15, 0.2) is 5.82 Å². The van der Waals surface area contributed by atoms with E-state index in [1.165, 1.54) is 6.07 Å². The number of nitrogens with one attached hydrogen (secondary N) is 1. The third kappa shape index (κ3) is 4.38. The van der Waals surface area contributed by atoms with Gasteiger partial charge in [0, 0.05) is 36.2 Å². The molecular formula is C26H26N6O4. The third-order valence-electron chi connectivity index (χ3n) is 6.31. The van der Waals surface area contributed by atoms with E-state index in [2.05, 4.69) is 10.4 Å². The zero-order valence-corrected chi connectivity index (χ0v) is 20.3. The molecule has 0 atom stereocenters. The van der Waals surface area contributed by atoms with Crippen molar-refractivity contribution in [1.29, 1.82) is 0 Å². The van der Waals surface area contributed by atoms with Crippen LogP contribution in [-0.4, -0.2) is 51.9 Å². The van der Waals surface area contributed by atoms with Crippen LogP contribution in [0.3, 0.4) is 0 Å². The average Bonchev–Trinajstić information content (AvgIpc) is 3.24. The summed E-state index contributed by atoms with van der Waals surface area (Å²) in [5.41, 5.74) is 4.19. The minimum absolute atomic E-state index is 0.114. The number of rotatable bonds is 5. The van der Waals surface area contributed by atoms with E-state index >= 15 is 0 Å². The number of nitrogens with zero attached hydrogens (tertiary/aromatic N) is 5. The van der Waals surface area contributed by atoms with Gasteiger partial charge in [-0.1, -0.05) is 18.2 Å². The fourth-order valence-corrected chi connectivity index (χ4v) is 4.49. The van der Waals surface area contributed by atoms with Crippen LogP contribution in [0.5, 0.6) is 0 Å². The molecule has 1 amide bonds. The monoisotopic (exact) mass is 486 g/mol. The summed E-state index contributed by atoms with van der Waals surface area (Å²) in [5.74, 6) is 0.532. The highest BCUT2D eigenvalue weighted by molar-refractivity contribution is 6.05. The number of carbonyl (C=O) groups excluding carboxylic acids is 1. The first-order valence-electron chi connectivity index (χ1n) is 11.7. The molecule has 2 aromatic carbocycles. The first-order chi connectivity index (χ1) is 17.3. The molecule has 184 valence electrons. The molecule has 0 saturated carbocycles. The number of morpholine rings is 1. The number of amides is 1. The molecule has 0 unspecified atom stereocenters. The Morgan fingerprint density at radius 3 is 2.58 bits per heavy atom. The van der Waals surface area contributed by atoms with Crippen molar-refractivity contribution in [2.24, 2.45) is 0 Å². The number of nitro groups is 1. The Kier molecular flexibility index (Phi) is 6.11. The van der Waals surface area contributed by atoms with Gasteiger partial charge in [-0.25, -0.2) is 4.98 Å². The standard InChI is InChI=1S/C26H26N6O4/c1-16-5-4-6-20-17(2)13-23(27-25(16)20)31-24(14-18(3)29-31)28-26(33)19-7-8-21(22(15-19)32(34)35)30-9-11-36-12-10-30/h4-8,13-15H,9-12H2,1-3H3,(H,28,33). The van der Waals surface area contributed by atoms with Crippen molar-refractivity contribution in [3.63, 3.8) is 0 Å². The van der Waals surface area contributed by atoms with Gasteiger partial charge in [0.1, 0.15) is 11.5 Å². The fourth-order valence-electron chi connectivity index (χ4n) is 4.49. The van der Waals surface area contributed by atoms with Crippen LogP contribution in [0.25, 0.3) is 16.7 Å². The molecule has 1 aliphatic rings. The maximum Gasteiger partial charge on any atom is 0.293 e. The normalized spacial score (nSPS) is 13.7. The number of hydrogen-bond acceptors (Lipinski definition) is 7. The highest BCUT2D eigenvalue weighted by Gasteiger charge is 2.24. The van der Waals surface area contributed by atoms with Crippen LogP contribution >= 0.6 is 0 Å². The van der Waals surface area contributed by atoms with E-state index in [4.69, 9.17) is 9.72 Å². The van der Waals surface area contributed by atoms with Crippen molar-refractivity contribution in [3.05, 3.63) is 81.0 Å². The second kappa shape index (κ2) is 9.38. The van der Waals surface area contributed by atoms with E-state index in [-0.39, 0.29) is 11.3 Å². The molecule has 10 nitrogen and oxygen atoms in total. The topological polar surface area (TPSA) is 115 Å². The van der Waals surface area contributed by atoms with Gasteiger partial charge >= 0.3 is 0 Å². The lowest BCUT2D eigenvalue weighted by Gasteiger charge is -2.28. The third-order valence-corrected chi connectivity index (χ3v) is 6.31. The molecule has 0 bridgehead atoms. The predicted octanol–water partition coefficient (Wildman–Crippen LogP) is 4.34. The molecule has 0 aliphatic carbocycles. The number of hydrogen-bond donors (Lipinski definition) is 1. The first-order valence-corrected chi connectivity index (χ1v) is 11.7. The van der Waals surface area contributed by atoms with E-state index in [1.54, 1.807) is 22.9 Å². The Bertz CT molecular complexity index is 1490. The van der Waals surface area contributed by atoms with Gasteiger partial charge in [-0.3, -0.25) is 14.9 Å². The van der Waals surface area contributed by atoms with Crippen molar-refractivity contribution < 1.29 is 14.5 Å². The summed E-state index contributed by atoms with van der Waals surface area (Å²) in [4.78, 5) is 31.2. The van der Waals surface area contributed by atoms with Crippen LogP contribution in [0.1, 0.15) is 27.2 Å². The molecule has 0 spiro atoms. The number of aryl methyl sites for hydroxylation is 3. The molecule has 4 aromatic rings. The molecule has 1 N–H and O–H groups in total. The van der Waals surface area contributed by atoms with E-state index in [1.807, 2.05) is 49.9 Å². The number of nitro benzene ring substituents is 1. The Hall–Kier alpha value is -4.31. The van der Waals surface area contributed by atoms with Crippen LogP contribution in [0.4, 0.5) is 17.2 Å². The van der Waals surface area contributed by atoms with Crippen LogP contribution in [0.15, 0.2) is 48.5 Å². The van der Waals surface area contributed by atoms with Gasteiger partial charge in [-0.2, -0.15) is 9.78 Å². The van der Waals surface area contributed by atoms with Crippen LogP contribution < -0.4 is 10.2 Å². The molecule has 2 aromatic heterocycles. The average molecular weight is 487 g/mol. The Balaban J connectivity index is 1.48. The smallest absolute Gasteiger partial charge is 0.293 e. The van der Waals surface area contributed by atoms with Crippen molar-refractivity contribution in [2.45, 2.75) is 20.8 Å². The Labute approximate surface area is 207 Å². The molecule has 0 radical (unpaired) electrons. The highest BCUT2D eigenvalue weighted by atomic mass is 16.6. The summed E-state index contributed by atoms with van der Waals surface area (Å²) >= 11 is 0. The van der Waals surface area contributed by atoms with Crippen LogP contribution in [0, 0.1) is 30.9 Å². The fraction of sp³-hybridized carbons (Fsp3) is 0.269. The molecule has 1 aliphatic heterocycles. The highest BCUT2D eigenvalue weighted by Crippen LogP contribution is 2.31. The van der Waals surface area contributed by atoms with Gasteiger partial charge < -0.3 is 15.0 Å². The van der Waals surface area contributed by atoms with Gasteiger partial charge in [0.25, 0.3) is 11.6 Å². The molecule has 36 heavy (non-hydrogen) atoms. The van der Waals surface area contributed by atoms with Crippen LogP contribution in [0.2, 0.25) is 0 Å². The zero-order chi connectivity index (χ0) is 25.4. The quantitative estimate of drug-likeness (QED) is 0.329. The number of aromatic nitrogens is 3. The first kappa shape index (κ1) is 23.4. The van der Waals surface area contributed by atoms with Crippen molar-refractivity contribution >= 4 is 34.0 Å². The van der Waals surface area contributed by atoms with Crippen LogP contribution in [-0.2, 0) is 4.74 Å². The summed E-state index contributed by atoms with van der Waals surface area (Å²) in [6.07, 6.45) is 0. The summed E-state index contributed by atoms with van der Waals surface area (Å²) in [5, 5.41) is 20.3. The minimum atomic E-state index is -0.471. The lowest BCUT2D eigenvalue weighted by Crippen LogP contribution is -2.36. The molecule has 10 heteroatoms. The van der Waals surface area contributed by atoms with E-state index in [9.17, 15) is 14.9 Å². The maximum absolute atomic E-state index is 13.2. The molecule has 3 heterocycles. The van der Waals surface area contributed by atoms with Crippen molar-refractivity contribution in [2.75, 3.05) is 36.5 Å². The molecule has 1 fully saturated rings. The molecular weight excluding hydrogens is 460 g/mol. The largest absolute Gasteiger partial charge is 0.378 e. The number of benzene rings is 2. The summed E-state index contributed by atoms with van der Waals surface area (Å²) in [6.45, 7) is 7.97. The van der Waals surface area contributed by atoms with Gasteiger partial charge in [-0.05, 0) is 50.1 Å². The summed E-state index contributed by atoms with van der Waals surface area (Å²) < 4.78 is 6.93. The number of fused-ring (bicyclic) bond motifs is 1. The Morgan fingerprint density at radius 1 is 1.06 bits per heavy atom. The molecule has 1 saturated heterocycles. The number of pyridine rings is 1. The lowest BCUT2D eigenvalue weighted by molar-refractivity contribution is -0.384. The van der Waals surface area contributed by atoms with E-state index < -0.39 is 10.8 Å². The summed E-state index contributed by atoms with van der Waals surface area (Å²) in [7, 11) is 0. The van der Waals surface area contributed by atoms with Gasteiger partial charge in [-0.15, -0.1) is 0 Å². The van der Waals surface area contributed by atoms with Gasteiger partial charge in [0.2, 0.25) is 0 Å². The number of ether oxygens (including phenoxy) is 1. The predicted molar refractivity (Wildman–Crippen MR) is 137 cm³/mol. The second-order valence-electron chi connectivity index (χ2n) is 8.87. The number of carbonyl (C=O) groups is 1. The lowest BCUT2D eigenvalue weighted by atomic mass is 10.1. The van der Waals surface area contributed by atoms with Gasteiger partial charge in [0.05, 0.1) is 29.3 Å². The maximum atomic E-state index is 13.2. The van der Waals surface area contributed by atoms with Crippen molar-refractivity contribution in [3.8, 4) is 5.82 Å². The minimum Gasteiger partial charge on any atom is -0.378 e. The Morgan fingerprint density at radius 2 is 1.83 bits per heavy atom. The number of para-hydroxylation sites is 1.